The van der Waals surface area contributed by atoms with Crippen LogP contribution < -0.4 is 9.62 Å². The lowest BCUT2D eigenvalue weighted by Crippen LogP contribution is -2.52. The molecule has 0 fully saturated rings. The molecule has 36 heavy (non-hydrogen) atoms. The van der Waals surface area contributed by atoms with E-state index in [0.717, 1.165) is 32.6 Å². The van der Waals surface area contributed by atoms with E-state index in [2.05, 4.69) is 5.32 Å². The fraction of sp³-hybridized carbons (Fsp3) is 0.462. The van der Waals surface area contributed by atoms with Crippen LogP contribution in [0.2, 0.25) is 5.02 Å². The monoisotopic (exact) mass is 536 g/mol. The number of rotatable bonds is 12. The molecule has 198 valence electrons. The lowest BCUT2D eigenvalue weighted by atomic mass is 10.1. The summed E-state index contributed by atoms with van der Waals surface area (Å²) in [5.41, 5.74) is 2.77. The van der Waals surface area contributed by atoms with Crippen molar-refractivity contribution in [3.8, 4) is 0 Å². The number of carbonyl (C=O) groups is 2. The van der Waals surface area contributed by atoms with E-state index in [1.807, 2.05) is 26.0 Å². The average Bonchev–Trinajstić information content (AvgIpc) is 2.83. The Morgan fingerprint density at radius 1 is 1.06 bits per heavy atom. The fourth-order valence-electron chi connectivity index (χ4n) is 3.60. The lowest BCUT2D eigenvalue weighted by molar-refractivity contribution is -0.139. The third kappa shape index (κ3) is 7.69. The van der Waals surface area contributed by atoms with Gasteiger partial charge in [0.15, 0.2) is 0 Å². The van der Waals surface area contributed by atoms with E-state index in [1.54, 1.807) is 44.2 Å². The summed E-state index contributed by atoms with van der Waals surface area (Å²) >= 11 is 6.02. The second-order valence-electron chi connectivity index (χ2n) is 9.06. The molecule has 2 amide bonds. The highest BCUT2D eigenvalue weighted by atomic mass is 35.5. The van der Waals surface area contributed by atoms with Crippen LogP contribution in [0.4, 0.5) is 5.69 Å². The normalized spacial score (nSPS) is 12.3. The molecule has 0 aliphatic rings. The third-order valence-corrected chi connectivity index (χ3v) is 7.97. The first-order valence-corrected chi connectivity index (χ1v) is 13.7. The van der Waals surface area contributed by atoms with Crippen molar-refractivity contribution in [1.82, 2.24) is 14.5 Å². The molecule has 0 saturated carbocycles. The van der Waals surface area contributed by atoms with Gasteiger partial charge in [-0.05, 0) is 62.1 Å². The van der Waals surface area contributed by atoms with E-state index < -0.39 is 28.7 Å². The summed E-state index contributed by atoms with van der Waals surface area (Å²) in [6.07, 6.45) is 1.75. The van der Waals surface area contributed by atoms with Crippen LogP contribution in [0, 0.1) is 13.8 Å². The first-order valence-electron chi connectivity index (χ1n) is 12.0. The number of benzene rings is 2. The molecular weight excluding hydrogens is 500 g/mol. The number of nitrogens with zero attached hydrogens (tertiary/aromatic N) is 3. The van der Waals surface area contributed by atoms with Crippen LogP contribution in [0.5, 0.6) is 0 Å². The molecule has 0 saturated heterocycles. The summed E-state index contributed by atoms with van der Waals surface area (Å²) in [4.78, 5) is 28.0. The minimum absolute atomic E-state index is 0.126. The maximum Gasteiger partial charge on any atom is 0.304 e. The van der Waals surface area contributed by atoms with Gasteiger partial charge in [0.05, 0.1) is 5.69 Å². The third-order valence-electron chi connectivity index (χ3n) is 5.92. The largest absolute Gasteiger partial charge is 0.354 e. The summed E-state index contributed by atoms with van der Waals surface area (Å²) < 4.78 is 28.8. The van der Waals surface area contributed by atoms with Crippen molar-refractivity contribution in [3.63, 3.8) is 0 Å². The highest BCUT2D eigenvalue weighted by Crippen LogP contribution is 2.26. The molecule has 1 atom stereocenters. The Hall–Kier alpha value is -2.62. The van der Waals surface area contributed by atoms with Gasteiger partial charge in [-0.15, -0.1) is 0 Å². The molecule has 2 aromatic carbocycles. The van der Waals surface area contributed by atoms with Gasteiger partial charge in [-0.3, -0.25) is 9.59 Å². The standard InChI is InChI=1S/C26H37ClN4O4S/c1-7-8-15-28-26(33)21(4)30(17-22-11-13-23(27)14-12-22)25(32)18-31(36(34,35)29(5)6)24-16-19(2)9-10-20(24)3/h9-14,16,21H,7-8,15,17-18H2,1-6H3,(H,28,33)/t21-/m0/s1. The van der Waals surface area contributed by atoms with Gasteiger partial charge in [0.1, 0.15) is 12.6 Å². The van der Waals surface area contributed by atoms with E-state index in [1.165, 1.54) is 19.0 Å². The van der Waals surface area contributed by atoms with Gasteiger partial charge in [-0.2, -0.15) is 12.7 Å². The molecule has 0 aliphatic heterocycles. The zero-order chi connectivity index (χ0) is 27.0. The molecule has 0 aromatic heterocycles. The molecule has 0 heterocycles. The summed E-state index contributed by atoms with van der Waals surface area (Å²) in [7, 11) is -1.15. The quantitative estimate of drug-likeness (QED) is 0.416. The summed E-state index contributed by atoms with van der Waals surface area (Å²) in [6, 6.07) is 11.6. The van der Waals surface area contributed by atoms with E-state index in [4.69, 9.17) is 11.6 Å². The maximum atomic E-state index is 13.7. The predicted molar refractivity (Wildman–Crippen MR) is 145 cm³/mol. The Labute approximate surface area is 220 Å². The smallest absolute Gasteiger partial charge is 0.304 e. The molecule has 2 rings (SSSR count). The van der Waals surface area contributed by atoms with Crippen LogP contribution in [-0.4, -0.2) is 62.7 Å². The number of hydrogen-bond donors (Lipinski definition) is 1. The molecule has 0 bridgehead atoms. The van der Waals surface area contributed by atoms with Crippen LogP contribution in [0.3, 0.4) is 0 Å². The highest BCUT2D eigenvalue weighted by Gasteiger charge is 2.33. The Morgan fingerprint density at radius 3 is 2.28 bits per heavy atom. The summed E-state index contributed by atoms with van der Waals surface area (Å²) in [5.74, 6) is -0.783. The van der Waals surface area contributed by atoms with Crippen LogP contribution in [0.1, 0.15) is 43.4 Å². The molecule has 0 radical (unpaired) electrons. The van der Waals surface area contributed by atoms with E-state index in [-0.39, 0.29) is 12.5 Å². The molecule has 2 aromatic rings. The van der Waals surface area contributed by atoms with Gasteiger partial charge < -0.3 is 10.2 Å². The van der Waals surface area contributed by atoms with Crippen molar-refractivity contribution in [2.45, 2.75) is 53.1 Å². The second kappa shape index (κ2) is 13.1. The van der Waals surface area contributed by atoms with Gasteiger partial charge in [0.2, 0.25) is 11.8 Å². The van der Waals surface area contributed by atoms with Crippen LogP contribution in [0.15, 0.2) is 42.5 Å². The number of anilines is 1. The first kappa shape index (κ1) is 29.6. The number of nitrogens with one attached hydrogen (secondary N) is 1. The summed E-state index contributed by atoms with van der Waals surface area (Å²) in [6.45, 7) is 7.52. The SMILES string of the molecule is CCCCNC(=O)[C@H](C)N(Cc1ccc(Cl)cc1)C(=O)CN(c1cc(C)ccc1C)S(=O)(=O)N(C)C. The van der Waals surface area contributed by atoms with Crippen LogP contribution in [-0.2, 0) is 26.3 Å². The lowest BCUT2D eigenvalue weighted by Gasteiger charge is -2.33. The first-order chi connectivity index (χ1) is 16.9. The van der Waals surface area contributed by atoms with Gasteiger partial charge in [-0.1, -0.05) is 49.2 Å². The number of hydrogen-bond acceptors (Lipinski definition) is 4. The number of halogens is 1. The second-order valence-corrected chi connectivity index (χ2v) is 11.6. The van der Waals surface area contributed by atoms with Crippen molar-refractivity contribution in [1.29, 1.82) is 0 Å². The van der Waals surface area contributed by atoms with Crippen molar-refractivity contribution in [3.05, 3.63) is 64.2 Å². The summed E-state index contributed by atoms with van der Waals surface area (Å²) in [5, 5.41) is 3.43. The van der Waals surface area contributed by atoms with Gasteiger partial charge in [0, 0.05) is 32.2 Å². The Kier molecular flexibility index (Phi) is 10.8. The zero-order valence-electron chi connectivity index (χ0n) is 21.9. The molecule has 1 N–H and O–H groups in total. The average molecular weight is 537 g/mol. The molecule has 0 unspecified atom stereocenters. The van der Waals surface area contributed by atoms with Crippen LogP contribution in [0.25, 0.3) is 0 Å². The molecule has 0 spiro atoms. The highest BCUT2D eigenvalue weighted by molar-refractivity contribution is 7.90. The van der Waals surface area contributed by atoms with Crippen molar-refractivity contribution in [2.24, 2.45) is 0 Å². The van der Waals surface area contributed by atoms with Crippen molar-refractivity contribution >= 4 is 39.3 Å². The maximum absolute atomic E-state index is 13.7. The molecule has 10 heteroatoms. The Balaban J connectivity index is 2.46. The molecular formula is C26H37ClN4O4S. The minimum Gasteiger partial charge on any atom is -0.354 e. The van der Waals surface area contributed by atoms with E-state index >= 15 is 0 Å². The van der Waals surface area contributed by atoms with Gasteiger partial charge in [-0.25, -0.2) is 4.31 Å². The van der Waals surface area contributed by atoms with E-state index in [0.29, 0.717) is 22.8 Å². The van der Waals surface area contributed by atoms with Crippen molar-refractivity contribution in [2.75, 3.05) is 31.5 Å². The number of amides is 2. The number of aryl methyl sites for hydroxylation is 2. The fourth-order valence-corrected chi connectivity index (χ4v) is 4.83. The van der Waals surface area contributed by atoms with Crippen molar-refractivity contribution < 1.29 is 18.0 Å². The number of carbonyl (C=O) groups excluding carboxylic acids is 2. The zero-order valence-corrected chi connectivity index (χ0v) is 23.5. The number of unbranched alkanes of at least 4 members (excludes halogenated alkanes) is 1. The predicted octanol–water partition coefficient (Wildman–Crippen LogP) is 3.90. The Bertz CT molecular complexity index is 1150. The Morgan fingerprint density at radius 2 is 1.69 bits per heavy atom. The molecule has 0 aliphatic carbocycles. The van der Waals surface area contributed by atoms with Gasteiger partial charge >= 0.3 is 10.2 Å². The van der Waals surface area contributed by atoms with E-state index in [9.17, 15) is 18.0 Å². The van der Waals surface area contributed by atoms with Crippen LogP contribution >= 0.6 is 11.6 Å². The molecule has 8 nitrogen and oxygen atoms in total. The topological polar surface area (TPSA) is 90.0 Å². The van der Waals surface area contributed by atoms with Gasteiger partial charge in [0.25, 0.3) is 0 Å². The minimum atomic E-state index is -4.00.